The number of hydrogen-bond donors (Lipinski definition) is 2. The molecule has 1 aromatic heterocycles. The average molecular weight is 339 g/mol. The number of hydrogen-bond acceptors (Lipinski definition) is 4. The molecule has 1 aliphatic heterocycles. The first kappa shape index (κ1) is 17.0. The molecule has 0 spiro atoms. The molecule has 0 saturated heterocycles. The summed E-state index contributed by atoms with van der Waals surface area (Å²) in [5.41, 5.74) is 4.25. The Hall–Kier alpha value is -2.89. The highest BCUT2D eigenvalue weighted by Gasteiger charge is 2.29. The summed E-state index contributed by atoms with van der Waals surface area (Å²) in [6.07, 6.45) is 0.198. The van der Waals surface area contributed by atoms with E-state index in [9.17, 15) is 9.59 Å². The number of nitrogens with zero attached hydrogens (tertiary/aromatic N) is 1. The second-order valence-electron chi connectivity index (χ2n) is 6.16. The van der Waals surface area contributed by atoms with Gasteiger partial charge in [0.2, 0.25) is 11.8 Å². The second-order valence-corrected chi connectivity index (χ2v) is 6.16. The minimum atomic E-state index is -0.289. The molecule has 2 N–H and O–H groups in total. The van der Waals surface area contributed by atoms with E-state index in [0.717, 1.165) is 22.4 Å². The number of carbonyl (C=O) groups excluding carboxylic acids is 2. The molecular formula is C19H21N3O3. The van der Waals surface area contributed by atoms with Gasteiger partial charge in [0.05, 0.1) is 19.6 Å². The molecule has 0 saturated carbocycles. The number of aromatic nitrogens is 1. The molecule has 0 unspecified atom stereocenters. The monoisotopic (exact) mass is 339 g/mol. The van der Waals surface area contributed by atoms with Crippen LogP contribution in [0.3, 0.4) is 0 Å². The van der Waals surface area contributed by atoms with Crippen LogP contribution in [0.5, 0.6) is 5.88 Å². The van der Waals surface area contributed by atoms with Gasteiger partial charge in [-0.25, -0.2) is 4.98 Å². The summed E-state index contributed by atoms with van der Waals surface area (Å²) in [5, 5.41) is 5.75. The number of aryl methyl sites for hydroxylation is 2. The Morgan fingerprint density at radius 1 is 1.32 bits per heavy atom. The van der Waals surface area contributed by atoms with Crippen LogP contribution < -0.4 is 15.4 Å². The molecule has 1 aliphatic rings. The number of amides is 2. The standard InChI is InChI=1S/C19H21N3O3/c1-11-8-12(2)21-19(25-3)15(11)10-20-17(23)9-16-13-6-4-5-7-14(13)18(24)22-16/h4-8,16H,9-10H2,1-3H3,(H,20,23)(H,22,24)/t16-/m0/s1. The fraction of sp³-hybridized carbons (Fsp3) is 0.316. The van der Waals surface area contributed by atoms with E-state index in [4.69, 9.17) is 4.74 Å². The van der Waals surface area contributed by atoms with Crippen LogP contribution in [-0.4, -0.2) is 23.9 Å². The van der Waals surface area contributed by atoms with Crippen LogP contribution in [0.4, 0.5) is 0 Å². The minimum Gasteiger partial charge on any atom is -0.481 e. The van der Waals surface area contributed by atoms with Crippen molar-refractivity contribution in [2.45, 2.75) is 32.9 Å². The Bertz CT molecular complexity index is 833. The van der Waals surface area contributed by atoms with Gasteiger partial charge < -0.3 is 15.4 Å². The zero-order chi connectivity index (χ0) is 18.0. The van der Waals surface area contributed by atoms with Crippen LogP contribution in [0, 0.1) is 13.8 Å². The van der Waals surface area contributed by atoms with E-state index < -0.39 is 0 Å². The number of ether oxygens (including phenoxy) is 1. The van der Waals surface area contributed by atoms with Gasteiger partial charge in [-0.15, -0.1) is 0 Å². The molecule has 2 aromatic rings. The third-order valence-corrected chi connectivity index (χ3v) is 4.37. The fourth-order valence-electron chi connectivity index (χ4n) is 3.14. The Balaban J connectivity index is 1.66. The molecule has 0 aliphatic carbocycles. The van der Waals surface area contributed by atoms with Gasteiger partial charge in [0, 0.05) is 23.4 Å². The third-order valence-electron chi connectivity index (χ3n) is 4.37. The van der Waals surface area contributed by atoms with Gasteiger partial charge >= 0.3 is 0 Å². The molecule has 1 atom stereocenters. The van der Waals surface area contributed by atoms with Gasteiger partial charge in [-0.05, 0) is 37.1 Å². The smallest absolute Gasteiger partial charge is 0.252 e. The third kappa shape index (κ3) is 3.47. The van der Waals surface area contributed by atoms with Crippen LogP contribution >= 0.6 is 0 Å². The lowest BCUT2D eigenvalue weighted by Gasteiger charge is -2.15. The fourth-order valence-corrected chi connectivity index (χ4v) is 3.14. The van der Waals surface area contributed by atoms with E-state index >= 15 is 0 Å². The van der Waals surface area contributed by atoms with E-state index in [1.54, 1.807) is 13.2 Å². The van der Waals surface area contributed by atoms with Crippen LogP contribution in [0.15, 0.2) is 30.3 Å². The van der Waals surface area contributed by atoms with Crippen molar-refractivity contribution < 1.29 is 14.3 Å². The molecule has 3 rings (SSSR count). The molecule has 6 heteroatoms. The number of rotatable bonds is 5. The molecule has 1 aromatic carbocycles. The molecule has 25 heavy (non-hydrogen) atoms. The van der Waals surface area contributed by atoms with Crippen LogP contribution in [0.1, 0.15) is 45.2 Å². The zero-order valence-corrected chi connectivity index (χ0v) is 14.6. The minimum absolute atomic E-state index is 0.131. The normalized spacial score (nSPS) is 15.5. The molecule has 6 nitrogen and oxygen atoms in total. The zero-order valence-electron chi connectivity index (χ0n) is 14.6. The number of fused-ring (bicyclic) bond motifs is 1. The van der Waals surface area contributed by atoms with E-state index in [0.29, 0.717) is 18.0 Å². The molecule has 130 valence electrons. The summed E-state index contributed by atoms with van der Waals surface area (Å²) in [6.45, 7) is 4.20. The number of pyridine rings is 1. The van der Waals surface area contributed by atoms with Crippen molar-refractivity contribution in [2.24, 2.45) is 0 Å². The second kappa shape index (κ2) is 6.93. The first-order chi connectivity index (χ1) is 12.0. The maximum absolute atomic E-state index is 12.3. The lowest BCUT2D eigenvalue weighted by Crippen LogP contribution is -2.29. The highest BCUT2D eigenvalue weighted by Crippen LogP contribution is 2.27. The van der Waals surface area contributed by atoms with Gasteiger partial charge in [0.1, 0.15) is 0 Å². The summed E-state index contributed by atoms with van der Waals surface area (Å²) >= 11 is 0. The molecule has 2 amide bonds. The number of carbonyl (C=O) groups is 2. The maximum atomic E-state index is 12.3. The SMILES string of the molecule is COc1nc(C)cc(C)c1CNC(=O)C[C@@H]1NC(=O)c2ccccc21. The van der Waals surface area contributed by atoms with Crippen molar-refractivity contribution in [1.29, 1.82) is 0 Å². The van der Waals surface area contributed by atoms with E-state index in [1.165, 1.54) is 0 Å². The summed E-state index contributed by atoms with van der Waals surface area (Å²) in [4.78, 5) is 28.6. The van der Waals surface area contributed by atoms with Gasteiger partial charge in [-0.2, -0.15) is 0 Å². The van der Waals surface area contributed by atoms with Crippen molar-refractivity contribution in [3.8, 4) is 5.88 Å². The topological polar surface area (TPSA) is 80.3 Å². The predicted molar refractivity (Wildman–Crippen MR) is 93.4 cm³/mol. The average Bonchev–Trinajstić information content (AvgIpc) is 2.89. The van der Waals surface area contributed by atoms with Crippen LogP contribution in [-0.2, 0) is 11.3 Å². The van der Waals surface area contributed by atoms with Crippen molar-refractivity contribution >= 4 is 11.8 Å². The Morgan fingerprint density at radius 3 is 2.84 bits per heavy atom. The molecule has 0 radical (unpaired) electrons. The largest absolute Gasteiger partial charge is 0.481 e. The first-order valence-electron chi connectivity index (χ1n) is 8.17. The maximum Gasteiger partial charge on any atom is 0.252 e. The van der Waals surface area contributed by atoms with Crippen molar-refractivity contribution in [3.63, 3.8) is 0 Å². The summed E-state index contributed by atoms with van der Waals surface area (Å²) in [6, 6.07) is 9.01. The predicted octanol–water partition coefficient (Wildman–Crippen LogP) is 2.20. The van der Waals surface area contributed by atoms with Gasteiger partial charge in [0.25, 0.3) is 5.91 Å². The molecular weight excluding hydrogens is 318 g/mol. The van der Waals surface area contributed by atoms with Crippen LogP contribution in [0.25, 0.3) is 0 Å². The van der Waals surface area contributed by atoms with E-state index in [2.05, 4.69) is 15.6 Å². The lowest BCUT2D eigenvalue weighted by atomic mass is 10.0. The summed E-state index contributed by atoms with van der Waals surface area (Å²) in [7, 11) is 1.57. The number of nitrogens with one attached hydrogen (secondary N) is 2. The van der Waals surface area contributed by atoms with Crippen molar-refractivity contribution in [2.75, 3.05) is 7.11 Å². The molecule has 2 heterocycles. The van der Waals surface area contributed by atoms with Crippen molar-refractivity contribution in [1.82, 2.24) is 15.6 Å². The summed E-state index contributed by atoms with van der Waals surface area (Å²) in [5.74, 6) is 0.259. The Labute approximate surface area is 146 Å². The lowest BCUT2D eigenvalue weighted by molar-refractivity contribution is -0.121. The van der Waals surface area contributed by atoms with Crippen LogP contribution in [0.2, 0.25) is 0 Å². The number of benzene rings is 1. The number of methoxy groups -OCH3 is 1. The highest BCUT2D eigenvalue weighted by molar-refractivity contribution is 5.99. The van der Waals surface area contributed by atoms with Gasteiger partial charge in [-0.1, -0.05) is 18.2 Å². The molecule has 0 bridgehead atoms. The Kier molecular flexibility index (Phi) is 4.70. The van der Waals surface area contributed by atoms with Gasteiger partial charge in [-0.3, -0.25) is 9.59 Å². The first-order valence-corrected chi connectivity index (χ1v) is 8.17. The molecule has 0 fully saturated rings. The van der Waals surface area contributed by atoms with Gasteiger partial charge in [0.15, 0.2) is 0 Å². The highest BCUT2D eigenvalue weighted by atomic mass is 16.5. The van der Waals surface area contributed by atoms with E-state index in [-0.39, 0.29) is 24.3 Å². The quantitative estimate of drug-likeness (QED) is 0.875. The van der Waals surface area contributed by atoms with E-state index in [1.807, 2.05) is 38.1 Å². The summed E-state index contributed by atoms with van der Waals surface area (Å²) < 4.78 is 5.31. The Morgan fingerprint density at radius 2 is 2.08 bits per heavy atom. The van der Waals surface area contributed by atoms with Crippen molar-refractivity contribution in [3.05, 3.63) is 58.3 Å².